The second-order valence-corrected chi connectivity index (χ2v) is 7.37. The normalized spacial score (nSPS) is 25.3. The van der Waals surface area contributed by atoms with Gasteiger partial charge in [0.1, 0.15) is 11.6 Å². The van der Waals surface area contributed by atoms with Crippen molar-refractivity contribution in [3.05, 3.63) is 10.4 Å². The first-order valence-corrected chi connectivity index (χ1v) is 8.22. The molecule has 2 amide bonds. The van der Waals surface area contributed by atoms with Crippen LogP contribution in [0, 0.1) is 0 Å². The fourth-order valence-corrected chi connectivity index (χ4v) is 2.96. The predicted octanol–water partition coefficient (Wildman–Crippen LogP) is 1.45. The molecule has 2 aliphatic heterocycles. The van der Waals surface area contributed by atoms with Crippen LogP contribution in [0.3, 0.4) is 0 Å². The number of rotatable bonds is 2. The Morgan fingerprint density at radius 2 is 1.83 bits per heavy atom. The zero-order valence-corrected chi connectivity index (χ0v) is 14.8. The lowest BCUT2D eigenvalue weighted by Gasteiger charge is -2.36. The predicted molar refractivity (Wildman–Crippen MR) is 88.4 cm³/mol. The molecule has 2 unspecified atom stereocenters. The van der Waals surface area contributed by atoms with E-state index in [9.17, 15) is 9.59 Å². The maximum atomic E-state index is 12.9. The van der Waals surface area contributed by atoms with E-state index in [0.717, 1.165) is 13.1 Å². The second kappa shape index (κ2) is 7.27. The number of piperazine rings is 1. The summed E-state index contributed by atoms with van der Waals surface area (Å²) in [5.41, 5.74) is 8.02. The number of nitrogens with zero attached hydrogens (tertiary/aromatic N) is 6. The number of likely N-dealkylation sites (N-methyl/N-ethyl adjacent to an activating group) is 1. The van der Waals surface area contributed by atoms with Gasteiger partial charge in [0, 0.05) is 37.6 Å². The Kier molecular flexibility index (Phi) is 5.56. The van der Waals surface area contributed by atoms with Gasteiger partial charge in [0.2, 0.25) is 5.91 Å². The first-order valence-electron chi connectivity index (χ1n) is 8.22. The summed E-state index contributed by atoms with van der Waals surface area (Å²) in [6, 6.07) is -1.03. The van der Waals surface area contributed by atoms with Crippen molar-refractivity contribution in [2.75, 3.05) is 39.8 Å². The SMILES string of the molecule is CN1CCN(C(=O)C2CC(N=[N+]=[N-])CN2C(=O)OC(C)(C)C)CC1. The maximum Gasteiger partial charge on any atom is 0.410 e. The van der Waals surface area contributed by atoms with E-state index in [1.165, 1.54) is 4.90 Å². The minimum absolute atomic E-state index is 0.0930. The molecule has 0 bridgehead atoms. The zero-order valence-electron chi connectivity index (χ0n) is 14.8. The van der Waals surface area contributed by atoms with Crippen molar-refractivity contribution in [1.29, 1.82) is 0 Å². The molecule has 0 saturated carbocycles. The average molecular weight is 338 g/mol. The van der Waals surface area contributed by atoms with Gasteiger partial charge >= 0.3 is 6.09 Å². The number of carbonyl (C=O) groups excluding carboxylic acids is 2. The van der Waals surface area contributed by atoms with Crippen LogP contribution in [0.15, 0.2) is 5.11 Å². The van der Waals surface area contributed by atoms with Gasteiger partial charge in [0.15, 0.2) is 0 Å². The minimum Gasteiger partial charge on any atom is -0.444 e. The molecule has 2 saturated heterocycles. The van der Waals surface area contributed by atoms with Crippen molar-refractivity contribution in [1.82, 2.24) is 14.7 Å². The molecule has 0 aromatic heterocycles. The topological polar surface area (TPSA) is 102 Å². The number of likely N-dealkylation sites (tertiary alicyclic amines) is 1. The van der Waals surface area contributed by atoms with Gasteiger partial charge in [-0.15, -0.1) is 0 Å². The summed E-state index contributed by atoms with van der Waals surface area (Å²) in [6.07, 6.45) is -0.195. The number of azide groups is 1. The van der Waals surface area contributed by atoms with Crippen LogP contribution in [0.5, 0.6) is 0 Å². The highest BCUT2D eigenvalue weighted by Crippen LogP contribution is 2.25. The van der Waals surface area contributed by atoms with E-state index in [1.807, 2.05) is 7.05 Å². The Bertz CT molecular complexity index is 532. The molecule has 0 aromatic carbocycles. The van der Waals surface area contributed by atoms with Gasteiger partial charge in [-0.3, -0.25) is 9.69 Å². The molecule has 9 nitrogen and oxygen atoms in total. The summed E-state index contributed by atoms with van der Waals surface area (Å²) in [4.78, 5) is 33.5. The molecule has 9 heteroatoms. The molecule has 2 fully saturated rings. The second-order valence-electron chi connectivity index (χ2n) is 7.37. The van der Waals surface area contributed by atoms with Crippen molar-refractivity contribution in [3.8, 4) is 0 Å². The average Bonchev–Trinajstić information content (AvgIpc) is 2.90. The molecule has 0 aliphatic carbocycles. The van der Waals surface area contributed by atoms with Crippen LogP contribution in [0.4, 0.5) is 4.79 Å². The van der Waals surface area contributed by atoms with Gasteiger partial charge in [-0.2, -0.15) is 0 Å². The number of ether oxygens (including phenoxy) is 1. The van der Waals surface area contributed by atoms with E-state index in [4.69, 9.17) is 10.3 Å². The first-order chi connectivity index (χ1) is 11.2. The van der Waals surface area contributed by atoms with E-state index in [-0.39, 0.29) is 12.5 Å². The van der Waals surface area contributed by atoms with Gasteiger partial charge < -0.3 is 14.5 Å². The van der Waals surface area contributed by atoms with E-state index >= 15 is 0 Å². The van der Waals surface area contributed by atoms with Crippen LogP contribution in [0.25, 0.3) is 10.4 Å². The van der Waals surface area contributed by atoms with Crippen LogP contribution in [0.2, 0.25) is 0 Å². The van der Waals surface area contributed by atoms with E-state index < -0.39 is 23.8 Å². The fourth-order valence-electron chi connectivity index (χ4n) is 2.96. The summed E-state index contributed by atoms with van der Waals surface area (Å²) in [5.74, 6) is -0.0930. The lowest BCUT2D eigenvalue weighted by atomic mass is 10.1. The van der Waals surface area contributed by atoms with Crippen LogP contribution in [0.1, 0.15) is 27.2 Å². The third kappa shape index (κ3) is 4.52. The van der Waals surface area contributed by atoms with Gasteiger partial charge in [0.25, 0.3) is 0 Å². The first kappa shape index (κ1) is 18.4. The molecule has 0 radical (unpaired) electrons. The summed E-state index contributed by atoms with van der Waals surface area (Å²) < 4.78 is 5.41. The molecule has 2 heterocycles. The molecule has 24 heavy (non-hydrogen) atoms. The molecule has 2 aliphatic rings. The van der Waals surface area contributed by atoms with Gasteiger partial charge in [-0.05, 0) is 39.8 Å². The van der Waals surface area contributed by atoms with Crippen LogP contribution in [-0.2, 0) is 9.53 Å². The van der Waals surface area contributed by atoms with Crippen molar-refractivity contribution >= 4 is 12.0 Å². The van der Waals surface area contributed by atoms with Crippen LogP contribution >= 0.6 is 0 Å². The lowest BCUT2D eigenvalue weighted by molar-refractivity contribution is -0.137. The number of amides is 2. The summed E-state index contributed by atoms with van der Waals surface area (Å²) >= 11 is 0. The van der Waals surface area contributed by atoms with Crippen molar-refractivity contribution in [3.63, 3.8) is 0 Å². The smallest absolute Gasteiger partial charge is 0.410 e. The van der Waals surface area contributed by atoms with Gasteiger partial charge in [0.05, 0.1) is 6.04 Å². The third-order valence-corrected chi connectivity index (χ3v) is 4.22. The fraction of sp³-hybridized carbons (Fsp3) is 0.867. The quantitative estimate of drug-likeness (QED) is 0.432. The summed E-state index contributed by atoms with van der Waals surface area (Å²) in [6.45, 7) is 8.45. The van der Waals surface area contributed by atoms with Crippen molar-refractivity contribution < 1.29 is 14.3 Å². The van der Waals surface area contributed by atoms with E-state index in [0.29, 0.717) is 19.5 Å². The highest BCUT2D eigenvalue weighted by Gasteiger charge is 2.43. The van der Waals surface area contributed by atoms with Crippen molar-refractivity contribution in [2.24, 2.45) is 5.11 Å². The molecular formula is C15H26N6O3. The molecular weight excluding hydrogens is 312 g/mol. The Balaban J connectivity index is 2.12. The number of carbonyl (C=O) groups is 2. The monoisotopic (exact) mass is 338 g/mol. The van der Waals surface area contributed by atoms with Crippen LogP contribution in [-0.4, -0.2) is 84.2 Å². The van der Waals surface area contributed by atoms with E-state index in [2.05, 4.69) is 14.9 Å². The molecule has 2 rings (SSSR count). The lowest BCUT2D eigenvalue weighted by Crippen LogP contribution is -2.54. The summed E-state index contributed by atoms with van der Waals surface area (Å²) in [7, 11) is 2.02. The molecule has 0 spiro atoms. The van der Waals surface area contributed by atoms with Crippen LogP contribution < -0.4 is 0 Å². The molecule has 134 valence electrons. The Labute approximate surface area is 142 Å². The maximum absolute atomic E-state index is 12.9. The number of hydrogen-bond acceptors (Lipinski definition) is 5. The Morgan fingerprint density at radius 1 is 1.21 bits per heavy atom. The van der Waals surface area contributed by atoms with Gasteiger partial charge in [-0.25, -0.2) is 4.79 Å². The largest absolute Gasteiger partial charge is 0.444 e. The van der Waals surface area contributed by atoms with Gasteiger partial charge in [-0.1, -0.05) is 5.11 Å². The Hall–Kier alpha value is -1.99. The zero-order chi connectivity index (χ0) is 17.9. The highest BCUT2D eigenvalue weighted by molar-refractivity contribution is 5.86. The molecule has 0 aromatic rings. The highest BCUT2D eigenvalue weighted by atomic mass is 16.6. The number of hydrogen-bond donors (Lipinski definition) is 0. The standard InChI is InChI=1S/C15H26N6O3/c1-15(2,3)24-14(23)21-10-11(17-18-16)9-12(21)13(22)20-7-5-19(4)6-8-20/h11-12H,5-10H2,1-4H3. The molecule has 2 atom stereocenters. The Morgan fingerprint density at radius 3 is 2.38 bits per heavy atom. The van der Waals surface area contributed by atoms with E-state index in [1.54, 1.807) is 25.7 Å². The minimum atomic E-state index is -0.644. The van der Waals surface area contributed by atoms with Crippen molar-refractivity contribution in [2.45, 2.75) is 44.9 Å². The summed E-state index contributed by atoms with van der Waals surface area (Å²) in [5, 5.41) is 3.69. The third-order valence-electron chi connectivity index (χ3n) is 4.22. The molecule has 0 N–H and O–H groups in total.